The van der Waals surface area contributed by atoms with E-state index in [1.807, 2.05) is 48.5 Å². The first-order chi connectivity index (χ1) is 9.19. The highest BCUT2D eigenvalue weighted by Crippen LogP contribution is 2.17. The molecule has 0 bridgehead atoms. The molecule has 2 aromatic carbocycles. The van der Waals surface area contributed by atoms with Gasteiger partial charge in [-0.05, 0) is 36.8 Å². The van der Waals surface area contributed by atoms with Crippen molar-refractivity contribution in [1.82, 2.24) is 0 Å². The monoisotopic (exact) mass is 275 g/mol. The van der Waals surface area contributed by atoms with Gasteiger partial charge in [-0.2, -0.15) is 0 Å². The molecule has 2 aromatic rings. The Morgan fingerprint density at radius 3 is 2.74 bits per heavy atom. The molecule has 98 valence electrons. The summed E-state index contributed by atoms with van der Waals surface area (Å²) in [6.07, 6.45) is 0. The van der Waals surface area contributed by atoms with E-state index in [9.17, 15) is 0 Å². The summed E-state index contributed by atoms with van der Waals surface area (Å²) >= 11 is 5.91. The molecular formula is C15H14ClNO2. The van der Waals surface area contributed by atoms with Crippen molar-refractivity contribution >= 4 is 17.3 Å². The third-order valence-corrected chi connectivity index (χ3v) is 2.93. The van der Waals surface area contributed by atoms with Gasteiger partial charge >= 0.3 is 0 Å². The second kappa shape index (κ2) is 6.25. The van der Waals surface area contributed by atoms with Crippen LogP contribution in [0.3, 0.4) is 0 Å². The largest absolute Gasteiger partial charge is 0.489 e. The smallest absolute Gasteiger partial charge is 0.120 e. The topological polar surface area (TPSA) is 41.8 Å². The molecule has 0 saturated heterocycles. The lowest BCUT2D eigenvalue weighted by Crippen LogP contribution is -1.98. The molecule has 4 heteroatoms. The molecule has 0 aliphatic heterocycles. The van der Waals surface area contributed by atoms with Crippen LogP contribution in [0, 0.1) is 0 Å². The molecule has 0 saturated carbocycles. The minimum absolute atomic E-state index is 0.444. The SMILES string of the molecule is C/C(=N\O)c1cccc(OCc2cccc(Cl)c2)c1. The minimum Gasteiger partial charge on any atom is -0.489 e. The summed E-state index contributed by atoms with van der Waals surface area (Å²) in [4.78, 5) is 0. The second-order valence-electron chi connectivity index (χ2n) is 4.13. The predicted molar refractivity (Wildman–Crippen MR) is 76.2 cm³/mol. The standard InChI is InChI=1S/C15H14ClNO2/c1-11(17-18)13-5-3-7-15(9-13)19-10-12-4-2-6-14(16)8-12/h2-9,18H,10H2,1H3/b17-11+. The first-order valence-corrected chi connectivity index (χ1v) is 6.23. The Labute approximate surface area is 117 Å². The van der Waals surface area contributed by atoms with E-state index in [4.69, 9.17) is 21.5 Å². The van der Waals surface area contributed by atoms with Gasteiger partial charge in [0.15, 0.2) is 0 Å². The molecule has 0 aliphatic carbocycles. The van der Waals surface area contributed by atoms with Gasteiger partial charge in [-0.1, -0.05) is 41.0 Å². The van der Waals surface area contributed by atoms with Crippen LogP contribution in [0.25, 0.3) is 0 Å². The summed E-state index contributed by atoms with van der Waals surface area (Å²) in [6.45, 7) is 2.18. The molecule has 0 spiro atoms. The van der Waals surface area contributed by atoms with Crippen LogP contribution in [0.1, 0.15) is 18.1 Å². The average Bonchev–Trinajstić information content (AvgIpc) is 2.45. The maximum absolute atomic E-state index is 8.75. The normalized spacial score (nSPS) is 11.4. The van der Waals surface area contributed by atoms with Gasteiger partial charge in [0.05, 0.1) is 5.71 Å². The van der Waals surface area contributed by atoms with E-state index in [1.165, 1.54) is 0 Å². The van der Waals surface area contributed by atoms with Crippen LogP contribution in [0.15, 0.2) is 53.7 Å². The first kappa shape index (κ1) is 13.4. The van der Waals surface area contributed by atoms with E-state index in [0.717, 1.165) is 16.9 Å². The Hall–Kier alpha value is -2.00. The van der Waals surface area contributed by atoms with Gasteiger partial charge in [0.1, 0.15) is 12.4 Å². The zero-order valence-electron chi connectivity index (χ0n) is 10.5. The highest BCUT2D eigenvalue weighted by Gasteiger charge is 2.01. The number of benzene rings is 2. The van der Waals surface area contributed by atoms with Crippen molar-refractivity contribution in [3.63, 3.8) is 0 Å². The Morgan fingerprint density at radius 1 is 1.21 bits per heavy atom. The van der Waals surface area contributed by atoms with Crippen LogP contribution in [0.5, 0.6) is 5.75 Å². The number of hydrogen-bond donors (Lipinski definition) is 1. The molecule has 1 N–H and O–H groups in total. The van der Waals surface area contributed by atoms with E-state index >= 15 is 0 Å². The van der Waals surface area contributed by atoms with Crippen molar-refractivity contribution < 1.29 is 9.94 Å². The van der Waals surface area contributed by atoms with E-state index in [0.29, 0.717) is 17.3 Å². The van der Waals surface area contributed by atoms with Crippen molar-refractivity contribution in [3.05, 3.63) is 64.7 Å². The van der Waals surface area contributed by atoms with E-state index in [-0.39, 0.29) is 0 Å². The molecule has 0 fully saturated rings. The van der Waals surface area contributed by atoms with Crippen molar-refractivity contribution in [2.24, 2.45) is 5.16 Å². The number of ether oxygens (including phenoxy) is 1. The lowest BCUT2D eigenvalue weighted by molar-refractivity contribution is 0.306. The van der Waals surface area contributed by atoms with Crippen LogP contribution in [0.2, 0.25) is 5.02 Å². The first-order valence-electron chi connectivity index (χ1n) is 5.85. The third-order valence-electron chi connectivity index (χ3n) is 2.70. The maximum atomic E-state index is 8.75. The molecule has 3 nitrogen and oxygen atoms in total. The molecule has 0 amide bonds. The van der Waals surface area contributed by atoms with Crippen LogP contribution in [-0.4, -0.2) is 10.9 Å². The molecular weight excluding hydrogens is 262 g/mol. The summed E-state index contributed by atoms with van der Waals surface area (Å²) in [5, 5.41) is 12.6. The number of rotatable bonds is 4. The van der Waals surface area contributed by atoms with Crippen LogP contribution in [-0.2, 0) is 6.61 Å². The summed E-state index contributed by atoms with van der Waals surface area (Å²) < 4.78 is 5.69. The van der Waals surface area contributed by atoms with Gasteiger partial charge in [-0.3, -0.25) is 0 Å². The quantitative estimate of drug-likeness (QED) is 0.518. The van der Waals surface area contributed by atoms with Crippen molar-refractivity contribution in [1.29, 1.82) is 0 Å². The zero-order chi connectivity index (χ0) is 13.7. The number of halogens is 1. The number of hydrogen-bond acceptors (Lipinski definition) is 3. The van der Waals surface area contributed by atoms with Crippen molar-refractivity contribution in [2.75, 3.05) is 0 Å². The molecule has 0 aliphatic rings. The van der Waals surface area contributed by atoms with Gasteiger partial charge in [0.25, 0.3) is 0 Å². The molecule has 2 rings (SSSR count). The summed E-state index contributed by atoms with van der Waals surface area (Å²) in [6, 6.07) is 15.0. The van der Waals surface area contributed by atoms with Crippen molar-refractivity contribution in [2.45, 2.75) is 13.5 Å². The third kappa shape index (κ3) is 3.73. The molecule has 0 heterocycles. The predicted octanol–water partition coefficient (Wildman–Crippen LogP) is 4.12. The summed E-state index contributed by atoms with van der Waals surface area (Å²) in [5.74, 6) is 0.723. The van der Waals surface area contributed by atoms with E-state index < -0.39 is 0 Å². The van der Waals surface area contributed by atoms with Crippen LogP contribution >= 0.6 is 11.6 Å². The zero-order valence-corrected chi connectivity index (χ0v) is 11.3. The van der Waals surface area contributed by atoms with Gasteiger partial charge in [-0.25, -0.2) is 0 Å². The van der Waals surface area contributed by atoms with Crippen LogP contribution in [0.4, 0.5) is 0 Å². The average molecular weight is 276 g/mol. The Kier molecular flexibility index (Phi) is 4.42. The number of nitrogens with zero attached hydrogens (tertiary/aromatic N) is 1. The van der Waals surface area contributed by atoms with Crippen LogP contribution < -0.4 is 4.74 Å². The second-order valence-corrected chi connectivity index (χ2v) is 4.57. The lowest BCUT2D eigenvalue weighted by atomic mass is 10.1. The fraction of sp³-hybridized carbons (Fsp3) is 0.133. The van der Waals surface area contributed by atoms with Crippen molar-refractivity contribution in [3.8, 4) is 5.75 Å². The molecule has 0 unspecified atom stereocenters. The minimum atomic E-state index is 0.444. The molecule has 0 atom stereocenters. The highest BCUT2D eigenvalue weighted by molar-refractivity contribution is 6.30. The molecule has 0 aromatic heterocycles. The fourth-order valence-electron chi connectivity index (χ4n) is 1.66. The fourth-order valence-corrected chi connectivity index (χ4v) is 1.87. The lowest BCUT2D eigenvalue weighted by Gasteiger charge is -2.08. The Morgan fingerprint density at radius 2 is 2.00 bits per heavy atom. The van der Waals surface area contributed by atoms with E-state index in [1.54, 1.807) is 6.92 Å². The molecule has 19 heavy (non-hydrogen) atoms. The highest BCUT2D eigenvalue weighted by atomic mass is 35.5. The van der Waals surface area contributed by atoms with Gasteiger partial charge in [0, 0.05) is 10.6 Å². The van der Waals surface area contributed by atoms with Gasteiger partial charge in [0.2, 0.25) is 0 Å². The Bertz CT molecular complexity index is 596. The Balaban J connectivity index is 2.08. The summed E-state index contributed by atoms with van der Waals surface area (Å²) in [5.41, 5.74) is 2.38. The van der Waals surface area contributed by atoms with E-state index in [2.05, 4.69) is 5.16 Å². The molecule has 0 radical (unpaired) electrons. The summed E-state index contributed by atoms with van der Waals surface area (Å²) in [7, 11) is 0. The van der Waals surface area contributed by atoms with Gasteiger partial charge < -0.3 is 9.94 Å². The number of oxime groups is 1. The maximum Gasteiger partial charge on any atom is 0.120 e. The van der Waals surface area contributed by atoms with Gasteiger partial charge in [-0.15, -0.1) is 0 Å².